The molecule has 0 saturated carbocycles. The van der Waals surface area contributed by atoms with E-state index in [1.165, 1.54) is 20.0 Å². The normalized spacial score (nSPS) is 11.1. The minimum Gasteiger partial charge on any atom is -0.490 e. The highest BCUT2D eigenvalue weighted by Gasteiger charge is 2.22. The van der Waals surface area contributed by atoms with Gasteiger partial charge in [0.2, 0.25) is 0 Å². The number of carbonyl (C=O) groups excluding carboxylic acids is 3. The zero-order valence-electron chi connectivity index (χ0n) is 15.6. The maximum Gasteiger partial charge on any atom is 0.342 e. The first-order valence-corrected chi connectivity index (χ1v) is 8.64. The fraction of sp³-hybridized carbons (Fsp3) is 0.250. The number of para-hydroxylation sites is 2. The number of rotatable bonds is 8. The Kier molecular flexibility index (Phi) is 7.83. The van der Waals surface area contributed by atoms with Gasteiger partial charge in [-0.05, 0) is 31.2 Å². The van der Waals surface area contributed by atoms with Crippen LogP contribution in [-0.4, -0.2) is 44.3 Å². The lowest BCUT2D eigenvalue weighted by Gasteiger charge is -2.15. The first-order valence-electron chi connectivity index (χ1n) is 8.64. The number of benzene rings is 2. The second-order valence-corrected chi connectivity index (χ2v) is 5.62. The SMILES string of the molecule is CNC(=O)NC(=O)C(C)OC(=O)c1ccccc1OCCOc1ccccc1. The van der Waals surface area contributed by atoms with Crippen molar-refractivity contribution in [2.45, 2.75) is 13.0 Å². The van der Waals surface area contributed by atoms with Crippen molar-refractivity contribution < 1.29 is 28.6 Å². The number of ether oxygens (including phenoxy) is 3. The zero-order chi connectivity index (χ0) is 20.4. The molecular weight excluding hydrogens is 364 g/mol. The fourth-order valence-corrected chi connectivity index (χ4v) is 2.14. The number of hydrogen-bond donors (Lipinski definition) is 2. The lowest BCUT2D eigenvalue weighted by molar-refractivity contribution is -0.127. The van der Waals surface area contributed by atoms with Crippen LogP contribution in [0.4, 0.5) is 4.79 Å². The third-order valence-electron chi connectivity index (χ3n) is 3.58. The summed E-state index contributed by atoms with van der Waals surface area (Å²) in [6.45, 7) is 1.87. The molecule has 1 unspecified atom stereocenters. The van der Waals surface area contributed by atoms with E-state index < -0.39 is 24.0 Å². The van der Waals surface area contributed by atoms with Crippen molar-refractivity contribution in [1.82, 2.24) is 10.6 Å². The molecule has 2 N–H and O–H groups in total. The van der Waals surface area contributed by atoms with Crippen molar-refractivity contribution >= 4 is 17.9 Å². The summed E-state index contributed by atoms with van der Waals surface area (Å²) in [5, 5.41) is 4.29. The molecule has 28 heavy (non-hydrogen) atoms. The van der Waals surface area contributed by atoms with Crippen molar-refractivity contribution in [3.8, 4) is 11.5 Å². The zero-order valence-corrected chi connectivity index (χ0v) is 15.6. The van der Waals surface area contributed by atoms with Crippen LogP contribution in [0.5, 0.6) is 11.5 Å². The Hall–Kier alpha value is -3.55. The van der Waals surface area contributed by atoms with Gasteiger partial charge in [-0.1, -0.05) is 30.3 Å². The van der Waals surface area contributed by atoms with Gasteiger partial charge in [-0.15, -0.1) is 0 Å². The van der Waals surface area contributed by atoms with E-state index in [-0.39, 0.29) is 12.2 Å². The first kappa shape index (κ1) is 20.8. The monoisotopic (exact) mass is 386 g/mol. The molecule has 0 aliphatic rings. The average Bonchev–Trinajstić information content (AvgIpc) is 2.72. The van der Waals surface area contributed by atoms with Crippen molar-refractivity contribution in [3.63, 3.8) is 0 Å². The molecular formula is C20H22N2O6. The molecule has 0 radical (unpaired) electrons. The van der Waals surface area contributed by atoms with Crippen LogP contribution in [0, 0.1) is 0 Å². The van der Waals surface area contributed by atoms with Gasteiger partial charge in [-0.3, -0.25) is 10.1 Å². The van der Waals surface area contributed by atoms with Gasteiger partial charge in [0, 0.05) is 7.05 Å². The van der Waals surface area contributed by atoms with E-state index in [9.17, 15) is 14.4 Å². The Bertz CT molecular complexity index is 809. The standard InChI is InChI=1S/C20H22N2O6/c1-14(18(23)22-20(25)21-2)28-19(24)16-10-6-7-11-17(16)27-13-12-26-15-8-4-3-5-9-15/h3-11,14H,12-13H2,1-2H3,(H2,21,22,23,25). The Labute approximate surface area is 162 Å². The van der Waals surface area contributed by atoms with Crippen LogP contribution >= 0.6 is 0 Å². The Balaban J connectivity index is 1.90. The van der Waals surface area contributed by atoms with Crippen LogP contribution in [0.3, 0.4) is 0 Å². The second-order valence-electron chi connectivity index (χ2n) is 5.62. The van der Waals surface area contributed by atoms with Crippen molar-refractivity contribution in [2.75, 3.05) is 20.3 Å². The molecule has 2 aromatic carbocycles. The molecule has 0 saturated heterocycles. The molecule has 0 bridgehead atoms. The quantitative estimate of drug-likeness (QED) is 0.532. The molecule has 0 spiro atoms. The minimum absolute atomic E-state index is 0.168. The topological polar surface area (TPSA) is 103 Å². The largest absolute Gasteiger partial charge is 0.490 e. The van der Waals surface area contributed by atoms with Crippen LogP contribution in [0.25, 0.3) is 0 Å². The van der Waals surface area contributed by atoms with E-state index in [1.54, 1.807) is 18.2 Å². The van der Waals surface area contributed by atoms with E-state index in [0.29, 0.717) is 12.4 Å². The van der Waals surface area contributed by atoms with E-state index in [1.807, 2.05) is 35.6 Å². The van der Waals surface area contributed by atoms with Gasteiger partial charge in [0.25, 0.3) is 5.91 Å². The first-order chi connectivity index (χ1) is 13.5. The number of hydrogen-bond acceptors (Lipinski definition) is 6. The Morgan fingerprint density at radius 3 is 2.29 bits per heavy atom. The number of imide groups is 1. The predicted octanol–water partition coefficient (Wildman–Crippen LogP) is 2.15. The van der Waals surface area contributed by atoms with Crippen LogP contribution in [0.2, 0.25) is 0 Å². The van der Waals surface area contributed by atoms with Gasteiger partial charge in [0.05, 0.1) is 0 Å². The molecule has 1 atom stereocenters. The molecule has 0 aliphatic heterocycles. The van der Waals surface area contributed by atoms with E-state index in [4.69, 9.17) is 14.2 Å². The predicted molar refractivity (Wildman–Crippen MR) is 101 cm³/mol. The maximum atomic E-state index is 12.4. The lowest BCUT2D eigenvalue weighted by atomic mass is 10.2. The summed E-state index contributed by atoms with van der Waals surface area (Å²) < 4.78 is 16.3. The highest BCUT2D eigenvalue weighted by Crippen LogP contribution is 2.20. The van der Waals surface area contributed by atoms with Crippen LogP contribution in [0.15, 0.2) is 54.6 Å². The summed E-state index contributed by atoms with van der Waals surface area (Å²) in [5.74, 6) is -0.445. The summed E-state index contributed by atoms with van der Waals surface area (Å²) in [5.41, 5.74) is 0.168. The van der Waals surface area contributed by atoms with Gasteiger partial charge < -0.3 is 19.5 Å². The Morgan fingerprint density at radius 2 is 1.57 bits per heavy atom. The highest BCUT2D eigenvalue weighted by molar-refractivity contribution is 5.99. The van der Waals surface area contributed by atoms with Crippen LogP contribution < -0.4 is 20.1 Å². The van der Waals surface area contributed by atoms with E-state index >= 15 is 0 Å². The molecule has 0 aromatic heterocycles. The molecule has 0 fully saturated rings. The summed E-state index contributed by atoms with van der Waals surface area (Å²) >= 11 is 0. The van der Waals surface area contributed by atoms with Crippen molar-refractivity contribution in [2.24, 2.45) is 0 Å². The third-order valence-corrected chi connectivity index (χ3v) is 3.58. The molecule has 0 aliphatic carbocycles. The second kappa shape index (κ2) is 10.6. The smallest absolute Gasteiger partial charge is 0.342 e. The van der Waals surface area contributed by atoms with Gasteiger partial charge in [-0.2, -0.15) is 0 Å². The molecule has 3 amide bonds. The number of urea groups is 1. The number of nitrogens with one attached hydrogen (secondary N) is 2. The molecule has 2 rings (SSSR count). The van der Waals surface area contributed by atoms with Crippen molar-refractivity contribution in [1.29, 1.82) is 0 Å². The fourth-order valence-electron chi connectivity index (χ4n) is 2.14. The van der Waals surface area contributed by atoms with Crippen LogP contribution in [0.1, 0.15) is 17.3 Å². The number of esters is 1. The molecule has 148 valence electrons. The molecule has 0 heterocycles. The lowest BCUT2D eigenvalue weighted by Crippen LogP contribution is -2.43. The van der Waals surface area contributed by atoms with E-state index in [2.05, 4.69) is 5.32 Å². The summed E-state index contributed by atoms with van der Waals surface area (Å²) in [4.78, 5) is 35.4. The van der Waals surface area contributed by atoms with Crippen LogP contribution in [-0.2, 0) is 9.53 Å². The molecule has 8 nitrogen and oxygen atoms in total. The minimum atomic E-state index is -1.15. The molecule has 2 aromatic rings. The number of carbonyl (C=O) groups is 3. The average molecular weight is 386 g/mol. The maximum absolute atomic E-state index is 12.4. The van der Waals surface area contributed by atoms with Gasteiger partial charge in [-0.25, -0.2) is 9.59 Å². The summed E-state index contributed by atoms with van der Waals surface area (Å²) in [6, 6.07) is 15.1. The molecule has 8 heteroatoms. The van der Waals surface area contributed by atoms with Gasteiger partial charge >= 0.3 is 12.0 Å². The van der Waals surface area contributed by atoms with E-state index in [0.717, 1.165) is 5.75 Å². The van der Waals surface area contributed by atoms with Gasteiger partial charge in [0.1, 0.15) is 30.3 Å². The summed E-state index contributed by atoms with van der Waals surface area (Å²) in [6.07, 6.45) is -1.15. The van der Waals surface area contributed by atoms with Gasteiger partial charge in [0.15, 0.2) is 6.10 Å². The number of amides is 3. The van der Waals surface area contributed by atoms with Crippen molar-refractivity contribution in [3.05, 3.63) is 60.2 Å². The highest BCUT2D eigenvalue weighted by atomic mass is 16.6. The Morgan fingerprint density at radius 1 is 0.929 bits per heavy atom. The summed E-state index contributed by atoms with van der Waals surface area (Å²) in [7, 11) is 1.37. The third kappa shape index (κ3) is 6.31.